The molecular formula is C10H17ClN4O2. The smallest absolute Gasteiger partial charge is 0.322 e. The first-order valence-corrected chi connectivity index (χ1v) is 5.68. The first-order chi connectivity index (χ1) is 7.96. The van der Waals surface area contributed by atoms with Crippen LogP contribution in [-0.2, 0) is 4.74 Å². The average Bonchev–Trinajstić information content (AvgIpc) is 2.26. The van der Waals surface area contributed by atoms with Crippen LogP contribution in [0.15, 0.2) is 0 Å². The quantitative estimate of drug-likeness (QED) is 0.841. The van der Waals surface area contributed by atoms with Gasteiger partial charge in [-0.25, -0.2) is 0 Å². The Labute approximate surface area is 106 Å². The van der Waals surface area contributed by atoms with E-state index in [0.29, 0.717) is 19.1 Å². The summed E-state index contributed by atoms with van der Waals surface area (Å²) >= 11 is 5.73. The van der Waals surface area contributed by atoms with Gasteiger partial charge < -0.3 is 14.8 Å². The fourth-order valence-corrected chi connectivity index (χ4v) is 1.39. The molecule has 96 valence electrons. The first-order valence-electron chi connectivity index (χ1n) is 5.30. The molecule has 0 spiro atoms. The zero-order valence-corrected chi connectivity index (χ0v) is 11.2. The highest BCUT2D eigenvalue weighted by atomic mass is 35.5. The number of halogens is 1. The Kier molecular flexibility index (Phi) is 4.89. The summed E-state index contributed by atoms with van der Waals surface area (Å²) in [6, 6.07) is 0.182. The van der Waals surface area contributed by atoms with E-state index in [-0.39, 0.29) is 16.9 Å². The molecule has 6 nitrogen and oxygen atoms in total. The highest BCUT2D eigenvalue weighted by Gasteiger charge is 2.18. The Morgan fingerprint density at radius 2 is 2.00 bits per heavy atom. The number of aromatic nitrogens is 3. The van der Waals surface area contributed by atoms with Gasteiger partial charge in [0.15, 0.2) is 0 Å². The minimum Gasteiger partial charge on any atom is -0.467 e. The molecule has 1 rings (SSSR count). The Morgan fingerprint density at radius 1 is 1.29 bits per heavy atom. The lowest BCUT2D eigenvalue weighted by Gasteiger charge is -2.24. The molecule has 0 saturated carbocycles. The molecule has 0 fully saturated rings. The van der Waals surface area contributed by atoms with E-state index < -0.39 is 0 Å². The van der Waals surface area contributed by atoms with Crippen molar-refractivity contribution in [3.63, 3.8) is 0 Å². The third kappa shape index (κ3) is 4.70. The van der Waals surface area contributed by atoms with Crippen molar-refractivity contribution >= 4 is 17.5 Å². The summed E-state index contributed by atoms with van der Waals surface area (Å²) in [6.07, 6.45) is 0. The predicted molar refractivity (Wildman–Crippen MR) is 65.6 cm³/mol. The summed E-state index contributed by atoms with van der Waals surface area (Å²) in [4.78, 5) is 11.7. The molecule has 0 amide bonds. The van der Waals surface area contributed by atoms with Crippen LogP contribution in [0, 0.1) is 0 Å². The Hall–Kier alpha value is -1.14. The predicted octanol–water partition coefficient (Wildman–Crippen LogP) is 1.76. The van der Waals surface area contributed by atoms with Gasteiger partial charge in [0, 0.05) is 13.2 Å². The van der Waals surface area contributed by atoms with E-state index in [1.165, 1.54) is 7.11 Å². The van der Waals surface area contributed by atoms with Crippen molar-refractivity contribution in [3.8, 4) is 6.01 Å². The SMILES string of the molecule is CCOC(C)(C)CNc1nc(Cl)nc(OC)n1. The topological polar surface area (TPSA) is 69.2 Å². The highest BCUT2D eigenvalue weighted by molar-refractivity contribution is 6.28. The summed E-state index contributed by atoms with van der Waals surface area (Å²) in [5.41, 5.74) is -0.304. The van der Waals surface area contributed by atoms with Crippen LogP contribution in [0.2, 0.25) is 5.28 Å². The average molecular weight is 261 g/mol. The third-order valence-corrected chi connectivity index (χ3v) is 2.15. The maximum Gasteiger partial charge on any atom is 0.322 e. The number of rotatable bonds is 6. The van der Waals surface area contributed by atoms with Crippen molar-refractivity contribution in [2.75, 3.05) is 25.6 Å². The molecule has 7 heteroatoms. The molecule has 17 heavy (non-hydrogen) atoms. The number of anilines is 1. The third-order valence-electron chi connectivity index (χ3n) is 1.98. The number of ether oxygens (including phenoxy) is 2. The molecule has 0 aromatic carbocycles. The molecule has 0 bridgehead atoms. The molecule has 0 aliphatic rings. The van der Waals surface area contributed by atoms with Gasteiger partial charge in [-0.3, -0.25) is 0 Å². The van der Waals surface area contributed by atoms with Crippen LogP contribution in [0.5, 0.6) is 6.01 Å². The fourth-order valence-electron chi connectivity index (χ4n) is 1.24. The number of hydrogen-bond acceptors (Lipinski definition) is 6. The van der Waals surface area contributed by atoms with E-state index in [1.54, 1.807) is 0 Å². The molecule has 0 aliphatic heterocycles. The van der Waals surface area contributed by atoms with Gasteiger partial charge in [0.25, 0.3) is 0 Å². The second-order valence-electron chi connectivity index (χ2n) is 3.96. The Balaban J connectivity index is 2.65. The van der Waals surface area contributed by atoms with Crippen molar-refractivity contribution in [2.24, 2.45) is 0 Å². The molecular weight excluding hydrogens is 244 g/mol. The van der Waals surface area contributed by atoms with Crippen LogP contribution in [0.25, 0.3) is 0 Å². The summed E-state index contributed by atoms with van der Waals surface area (Å²) in [7, 11) is 1.47. The molecule has 1 aromatic heterocycles. The van der Waals surface area contributed by atoms with Crippen molar-refractivity contribution < 1.29 is 9.47 Å². The van der Waals surface area contributed by atoms with E-state index in [4.69, 9.17) is 21.1 Å². The van der Waals surface area contributed by atoms with E-state index in [9.17, 15) is 0 Å². The van der Waals surface area contributed by atoms with E-state index in [1.807, 2.05) is 20.8 Å². The second kappa shape index (κ2) is 5.97. The largest absolute Gasteiger partial charge is 0.467 e. The zero-order chi connectivity index (χ0) is 12.9. The lowest BCUT2D eigenvalue weighted by molar-refractivity contribution is 0.000568. The molecule has 0 unspecified atom stereocenters. The van der Waals surface area contributed by atoms with Gasteiger partial charge in [0.2, 0.25) is 11.2 Å². The number of methoxy groups -OCH3 is 1. The van der Waals surface area contributed by atoms with Gasteiger partial charge in [-0.2, -0.15) is 15.0 Å². The van der Waals surface area contributed by atoms with Gasteiger partial charge in [-0.05, 0) is 32.4 Å². The zero-order valence-electron chi connectivity index (χ0n) is 10.5. The summed E-state index contributed by atoms with van der Waals surface area (Å²) in [6.45, 7) is 7.11. The minimum absolute atomic E-state index is 0.0913. The normalized spacial score (nSPS) is 11.4. The first kappa shape index (κ1) is 13.9. The Morgan fingerprint density at radius 3 is 2.59 bits per heavy atom. The summed E-state index contributed by atoms with van der Waals surface area (Å²) < 4.78 is 10.4. The summed E-state index contributed by atoms with van der Waals surface area (Å²) in [5.74, 6) is 0.370. The van der Waals surface area contributed by atoms with Gasteiger partial charge in [0.1, 0.15) is 0 Å². The van der Waals surface area contributed by atoms with Crippen LogP contribution >= 0.6 is 11.6 Å². The van der Waals surface area contributed by atoms with Gasteiger partial charge in [0.05, 0.1) is 12.7 Å². The molecule has 1 N–H and O–H groups in total. The van der Waals surface area contributed by atoms with Crippen LogP contribution in [0.3, 0.4) is 0 Å². The van der Waals surface area contributed by atoms with Crippen molar-refractivity contribution in [2.45, 2.75) is 26.4 Å². The lowest BCUT2D eigenvalue weighted by atomic mass is 10.1. The number of nitrogens with zero attached hydrogens (tertiary/aromatic N) is 3. The van der Waals surface area contributed by atoms with Crippen LogP contribution in [0.1, 0.15) is 20.8 Å². The van der Waals surface area contributed by atoms with Crippen LogP contribution in [-0.4, -0.2) is 40.8 Å². The molecule has 0 aliphatic carbocycles. The maximum absolute atomic E-state index is 5.73. The van der Waals surface area contributed by atoms with Gasteiger partial charge in [-0.15, -0.1) is 0 Å². The fraction of sp³-hybridized carbons (Fsp3) is 0.700. The van der Waals surface area contributed by atoms with Gasteiger partial charge >= 0.3 is 6.01 Å². The Bertz CT molecular complexity index is 373. The lowest BCUT2D eigenvalue weighted by Crippen LogP contribution is -2.33. The van der Waals surface area contributed by atoms with Crippen LogP contribution in [0.4, 0.5) is 5.95 Å². The monoisotopic (exact) mass is 260 g/mol. The standard InChI is InChI=1S/C10H17ClN4O2/c1-5-17-10(2,3)6-12-8-13-7(11)14-9(15-8)16-4/h5-6H2,1-4H3,(H,12,13,14,15). The number of hydrogen-bond donors (Lipinski definition) is 1. The molecule has 0 atom stereocenters. The van der Waals surface area contributed by atoms with Gasteiger partial charge in [-0.1, -0.05) is 0 Å². The van der Waals surface area contributed by atoms with E-state index in [0.717, 1.165) is 0 Å². The second-order valence-corrected chi connectivity index (χ2v) is 4.30. The minimum atomic E-state index is -0.304. The molecule has 0 saturated heterocycles. The van der Waals surface area contributed by atoms with Crippen molar-refractivity contribution in [3.05, 3.63) is 5.28 Å². The van der Waals surface area contributed by atoms with Crippen LogP contribution < -0.4 is 10.1 Å². The maximum atomic E-state index is 5.73. The summed E-state index contributed by atoms with van der Waals surface area (Å²) in [5, 5.41) is 3.12. The van der Waals surface area contributed by atoms with E-state index >= 15 is 0 Å². The molecule has 1 heterocycles. The molecule has 1 aromatic rings. The molecule has 0 radical (unpaired) electrons. The number of nitrogens with one attached hydrogen (secondary N) is 1. The highest BCUT2D eigenvalue weighted by Crippen LogP contribution is 2.13. The van der Waals surface area contributed by atoms with Crippen molar-refractivity contribution in [1.29, 1.82) is 0 Å². The van der Waals surface area contributed by atoms with E-state index in [2.05, 4.69) is 20.3 Å². The van der Waals surface area contributed by atoms with Crippen molar-refractivity contribution in [1.82, 2.24) is 15.0 Å².